The lowest BCUT2D eigenvalue weighted by Gasteiger charge is -1.93. The molecule has 0 aliphatic rings. The lowest BCUT2D eigenvalue weighted by atomic mass is 10.1. The first-order valence-corrected chi connectivity index (χ1v) is 5.02. The van der Waals surface area contributed by atoms with Gasteiger partial charge in [-0.3, -0.25) is 4.79 Å². The lowest BCUT2D eigenvalue weighted by Crippen LogP contribution is -1.89. The summed E-state index contributed by atoms with van der Waals surface area (Å²) in [4.78, 5) is 11.3. The van der Waals surface area contributed by atoms with Gasteiger partial charge in [-0.15, -0.1) is 0 Å². The van der Waals surface area contributed by atoms with Gasteiger partial charge in [-0.05, 0) is 26.8 Å². The van der Waals surface area contributed by atoms with Gasteiger partial charge in [0.1, 0.15) is 0 Å². The van der Waals surface area contributed by atoms with Crippen molar-refractivity contribution in [1.29, 1.82) is 0 Å². The van der Waals surface area contributed by atoms with Gasteiger partial charge in [0.05, 0.1) is 0 Å². The Hall–Kier alpha value is -1.63. The summed E-state index contributed by atoms with van der Waals surface area (Å²) < 4.78 is 0. The second-order valence-corrected chi connectivity index (χ2v) is 3.70. The number of carbonyl (C=O) groups excluding carboxylic acids is 1. The number of Topliss-reactive ketones (excluding diaryl/α,β-unsaturated/α-hetero) is 1. The van der Waals surface area contributed by atoms with E-state index in [1.165, 1.54) is 0 Å². The summed E-state index contributed by atoms with van der Waals surface area (Å²) in [5, 5.41) is 0. The molecule has 0 unspecified atom stereocenters. The third-order valence-electron chi connectivity index (χ3n) is 2.14. The fourth-order valence-electron chi connectivity index (χ4n) is 1.25. The van der Waals surface area contributed by atoms with E-state index in [-0.39, 0.29) is 5.78 Å². The Morgan fingerprint density at radius 2 is 1.53 bits per heavy atom. The van der Waals surface area contributed by atoms with Crippen molar-refractivity contribution < 1.29 is 4.79 Å². The Morgan fingerprint density at radius 1 is 0.933 bits per heavy atom. The van der Waals surface area contributed by atoms with Gasteiger partial charge in [0.15, 0.2) is 5.78 Å². The summed E-state index contributed by atoms with van der Waals surface area (Å²) in [7, 11) is 0. The molecule has 1 nitrogen and oxygen atoms in total. The molecule has 0 saturated heterocycles. The summed E-state index contributed by atoms with van der Waals surface area (Å²) in [6, 6.07) is 13.7. The van der Waals surface area contributed by atoms with Gasteiger partial charge >= 0.3 is 0 Å². The number of hydrogen-bond acceptors (Lipinski definition) is 1. The van der Waals surface area contributed by atoms with E-state index < -0.39 is 0 Å². The number of ketones is 1. The molecule has 78 valence electrons. The smallest absolute Gasteiger partial charge is 0.159 e. The van der Waals surface area contributed by atoms with Crippen LogP contribution in [0.1, 0.15) is 28.4 Å². The van der Waals surface area contributed by atoms with E-state index in [4.69, 9.17) is 0 Å². The Bertz CT molecular complexity index is 418. The van der Waals surface area contributed by atoms with Crippen molar-refractivity contribution in [3.63, 3.8) is 0 Å². The van der Waals surface area contributed by atoms with Gasteiger partial charge in [-0.2, -0.15) is 0 Å². The van der Waals surface area contributed by atoms with Crippen molar-refractivity contribution in [2.75, 3.05) is 0 Å². The minimum Gasteiger partial charge on any atom is -0.295 e. The molecule has 0 amide bonds. The monoisotopic (exact) mass is 200 g/mol. The second-order valence-electron chi connectivity index (χ2n) is 3.70. The van der Waals surface area contributed by atoms with Crippen LogP contribution in [-0.2, 0) is 0 Å². The van der Waals surface area contributed by atoms with Crippen molar-refractivity contribution in [2.24, 2.45) is 0 Å². The molecule has 0 spiro atoms. The summed E-state index contributed by atoms with van der Waals surface area (Å²) in [5.41, 5.74) is 2.95. The van der Waals surface area contributed by atoms with Gasteiger partial charge in [-0.25, -0.2) is 0 Å². The van der Waals surface area contributed by atoms with Crippen molar-refractivity contribution in [2.45, 2.75) is 20.8 Å². The predicted octanol–water partition coefficient (Wildman–Crippen LogP) is 3.63. The van der Waals surface area contributed by atoms with Crippen LogP contribution in [0.15, 0.2) is 42.5 Å². The lowest BCUT2D eigenvalue weighted by molar-refractivity contribution is 0.101. The zero-order valence-corrected chi connectivity index (χ0v) is 9.45. The number of aryl methyl sites for hydroxylation is 2. The zero-order valence-electron chi connectivity index (χ0n) is 9.45. The molecule has 1 aromatic rings. The zero-order chi connectivity index (χ0) is 11.3. The van der Waals surface area contributed by atoms with Crippen LogP contribution >= 0.6 is 0 Å². The molecule has 0 radical (unpaired) electrons. The van der Waals surface area contributed by atoms with Gasteiger partial charge in [0.2, 0.25) is 0 Å². The van der Waals surface area contributed by atoms with Crippen molar-refractivity contribution >= 4 is 5.78 Å². The molecule has 0 bridgehead atoms. The molecule has 0 aliphatic carbocycles. The summed E-state index contributed by atoms with van der Waals surface area (Å²) >= 11 is 0. The Labute approximate surface area is 91.1 Å². The molecule has 0 aliphatic heterocycles. The van der Waals surface area contributed by atoms with E-state index in [2.05, 4.69) is 0 Å². The number of carbonyl (C=O) groups is 1. The molecule has 1 aromatic carbocycles. The van der Waals surface area contributed by atoms with Gasteiger partial charge in [0.25, 0.3) is 0 Å². The van der Waals surface area contributed by atoms with Crippen molar-refractivity contribution in [3.05, 3.63) is 59.2 Å². The molecule has 1 heteroatoms. The van der Waals surface area contributed by atoms with Crippen LogP contribution in [-0.4, -0.2) is 5.78 Å². The highest BCUT2D eigenvalue weighted by molar-refractivity contribution is 5.93. The molecule has 15 heavy (non-hydrogen) atoms. The van der Waals surface area contributed by atoms with E-state index in [1.54, 1.807) is 6.92 Å². The normalized spacial score (nSPS) is 9.27. The Morgan fingerprint density at radius 3 is 2.13 bits per heavy atom. The van der Waals surface area contributed by atoms with E-state index in [1.807, 2.05) is 56.3 Å². The van der Waals surface area contributed by atoms with Crippen LogP contribution in [0.4, 0.5) is 0 Å². The third-order valence-corrected chi connectivity index (χ3v) is 2.14. The summed E-state index contributed by atoms with van der Waals surface area (Å²) in [6.07, 6.45) is 0. The molecule has 0 heterocycles. The van der Waals surface area contributed by atoms with Gasteiger partial charge in [0, 0.05) is 5.56 Å². The highest BCUT2D eigenvalue weighted by atomic mass is 16.1. The fourth-order valence-corrected chi connectivity index (χ4v) is 1.25. The molecule has 1 rings (SSSR count). The summed E-state index contributed by atoms with van der Waals surface area (Å²) in [6.45, 7) is 5.58. The van der Waals surface area contributed by atoms with Crippen LogP contribution in [0.2, 0.25) is 0 Å². The number of hydrogen-bond donors (Lipinski definition) is 0. The highest BCUT2D eigenvalue weighted by Gasteiger charge is 1.94. The van der Waals surface area contributed by atoms with E-state index in [0.29, 0.717) is 0 Å². The largest absolute Gasteiger partial charge is 0.295 e. The molecule has 0 N–H and O–H groups in total. The second kappa shape index (κ2) is 5.30. The standard InChI is InChI=1S/C14H16O/c1-11-6-4-5-7-12(2)10-14(9-8-11)13(3)15/h4-10H,1-3H3. The highest BCUT2D eigenvalue weighted by Crippen LogP contribution is 2.02. The molecule has 0 fully saturated rings. The maximum atomic E-state index is 11.3. The average Bonchev–Trinajstić information content (AvgIpc) is 2.18. The molecule has 0 atom stereocenters. The van der Waals surface area contributed by atoms with Crippen LogP contribution in [0.3, 0.4) is 0 Å². The van der Waals surface area contributed by atoms with Crippen LogP contribution < -0.4 is 0 Å². The first kappa shape index (κ1) is 11.4. The van der Waals surface area contributed by atoms with Gasteiger partial charge in [-0.1, -0.05) is 47.5 Å². The molecule has 0 aromatic heterocycles. The minimum atomic E-state index is 0.0938. The van der Waals surface area contributed by atoms with Crippen molar-refractivity contribution in [1.82, 2.24) is 0 Å². The molecular formula is C14H16O. The SMILES string of the molecule is CC(=O)c1ccc(C)ccccc(C)c1. The van der Waals surface area contributed by atoms with E-state index >= 15 is 0 Å². The molecular weight excluding hydrogens is 184 g/mol. The quantitative estimate of drug-likeness (QED) is 0.633. The van der Waals surface area contributed by atoms with Crippen LogP contribution in [0.5, 0.6) is 0 Å². The van der Waals surface area contributed by atoms with E-state index in [9.17, 15) is 4.79 Å². The summed E-state index contributed by atoms with van der Waals surface area (Å²) in [5.74, 6) is 0.0938. The number of rotatable bonds is 1. The maximum absolute atomic E-state index is 11.3. The van der Waals surface area contributed by atoms with Crippen LogP contribution in [0, 0.1) is 13.8 Å². The van der Waals surface area contributed by atoms with Gasteiger partial charge < -0.3 is 0 Å². The predicted molar refractivity (Wildman–Crippen MR) is 63.5 cm³/mol. The third kappa shape index (κ3) is 3.94. The Balaban J connectivity index is 3.42. The van der Waals surface area contributed by atoms with Crippen LogP contribution in [0.25, 0.3) is 0 Å². The first-order chi connectivity index (χ1) is 7.09. The fraction of sp³-hybridized carbons (Fsp3) is 0.214. The van der Waals surface area contributed by atoms with Crippen molar-refractivity contribution in [3.8, 4) is 0 Å². The average molecular weight is 200 g/mol. The molecule has 0 saturated carbocycles. The Kier molecular flexibility index (Phi) is 4.04. The van der Waals surface area contributed by atoms with E-state index in [0.717, 1.165) is 16.7 Å². The first-order valence-electron chi connectivity index (χ1n) is 5.02. The maximum Gasteiger partial charge on any atom is 0.159 e. The minimum absolute atomic E-state index is 0.0938. The topological polar surface area (TPSA) is 17.1 Å².